The van der Waals surface area contributed by atoms with Crippen molar-refractivity contribution >= 4 is 21.6 Å². The van der Waals surface area contributed by atoms with Crippen LogP contribution >= 0.6 is 15.9 Å². The minimum absolute atomic E-state index is 0.913. The molecule has 0 atom stereocenters. The quantitative estimate of drug-likeness (QED) is 0.768. The molecule has 0 aliphatic carbocycles. The number of hydrogen-bond donors (Lipinski definition) is 0. The highest BCUT2D eigenvalue weighted by Gasteiger charge is 2.06. The minimum Gasteiger partial charge on any atom is -0.373 e. The van der Waals surface area contributed by atoms with E-state index in [9.17, 15) is 0 Å². The highest BCUT2D eigenvalue weighted by molar-refractivity contribution is 9.08. The molecule has 0 amide bonds. The van der Waals surface area contributed by atoms with Gasteiger partial charge in [0, 0.05) is 31.2 Å². The van der Waals surface area contributed by atoms with Crippen molar-refractivity contribution in [2.45, 2.75) is 12.3 Å². The maximum Gasteiger partial charge on any atom is 0.0405 e. The fourth-order valence-corrected chi connectivity index (χ4v) is 2.11. The number of halogens is 1. The smallest absolute Gasteiger partial charge is 0.0405 e. The molecule has 0 bridgehead atoms. The number of aryl methyl sites for hydroxylation is 1. The highest BCUT2D eigenvalue weighted by atomic mass is 79.9. The number of likely N-dealkylation sites (N-methyl/N-ethyl adjacent to an activating group) is 2. The van der Waals surface area contributed by atoms with E-state index in [1.807, 2.05) is 0 Å². The van der Waals surface area contributed by atoms with Gasteiger partial charge in [0.1, 0.15) is 0 Å². The topological polar surface area (TPSA) is 6.48 Å². The zero-order valence-electron chi connectivity index (χ0n) is 10.6. The SMILES string of the molecule is Cc1ccc(N(C)CCN(C)C)c(CBr)c1. The summed E-state index contributed by atoms with van der Waals surface area (Å²) in [5.74, 6) is 0. The van der Waals surface area contributed by atoms with Crippen LogP contribution in [0.25, 0.3) is 0 Å². The van der Waals surface area contributed by atoms with E-state index >= 15 is 0 Å². The van der Waals surface area contributed by atoms with Crippen molar-refractivity contribution in [1.82, 2.24) is 4.90 Å². The minimum atomic E-state index is 0.913. The van der Waals surface area contributed by atoms with E-state index in [1.165, 1.54) is 16.8 Å². The Kier molecular flexibility index (Phi) is 5.29. The molecule has 0 saturated carbocycles. The molecule has 1 rings (SSSR count). The Hall–Kier alpha value is -0.540. The van der Waals surface area contributed by atoms with Crippen LogP contribution in [0.1, 0.15) is 11.1 Å². The van der Waals surface area contributed by atoms with E-state index in [-0.39, 0.29) is 0 Å². The molecule has 0 fully saturated rings. The van der Waals surface area contributed by atoms with Gasteiger partial charge in [-0.15, -0.1) is 0 Å². The molecule has 0 N–H and O–H groups in total. The molecule has 0 radical (unpaired) electrons. The van der Waals surface area contributed by atoms with Gasteiger partial charge in [-0.25, -0.2) is 0 Å². The van der Waals surface area contributed by atoms with Crippen molar-refractivity contribution in [3.8, 4) is 0 Å². The molecule has 0 unspecified atom stereocenters. The summed E-state index contributed by atoms with van der Waals surface area (Å²) in [5.41, 5.74) is 4.00. The molecule has 0 saturated heterocycles. The average Bonchev–Trinajstić information content (AvgIpc) is 2.25. The lowest BCUT2D eigenvalue weighted by Gasteiger charge is -2.24. The summed E-state index contributed by atoms with van der Waals surface area (Å²) in [7, 11) is 6.36. The second-order valence-electron chi connectivity index (χ2n) is 4.49. The van der Waals surface area contributed by atoms with E-state index in [4.69, 9.17) is 0 Å². The van der Waals surface area contributed by atoms with Gasteiger partial charge in [-0.3, -0.25) is 0 Å². The van der Waals surface area contributed by atoms with Gasteiger partial charge in [0.05, 0.1) is 0 Å². The predicted octanol–water partition coefficient (Wildman–Crippen LogP) is 2.89. The standard InChI is InChI=1S/C13H21BrN2/c1-11-5-6-13(12(9-11)10-14)16(4)8-7-15(2)3/h5-6,9H,7-8,10H2,1-4H3. The Morgan fingerprint density at radius 3 is 2.38 bits per heavy atom. The Bertz CT molecular complexity index is 337. The van der Waals surface area contributed by atoms with Gasteiger partial charge in [0.25, 0.3) is 0 Å². The van der Waals surface area contributed by atoms with Gasteiger partial charge in [-0.1, -0.05) is 33.6 Å². The Morgan fingerprint density at radius 1 is 1.12 bits per heavy atom. The fraction of sp³-hybridized carbons (Fsp3) is 0.538. The first-order valence-electron chi connectivity index (χ1n) is 5.56. The summed E-state index contributed by atoms with van der Waals surface area (Å²) in [6, 6.07) is 6.63. The maximum absolute atomic E-state index is 3.55. The van der Waals surface area contributed by atoms with Gasteiger partial charge in [-0.05, 0) is 32.6 Å². The average molecular weight is 285 g/mol. The Labute approximate surface area is 107 Å². The van der Waals surface area contributed by atoms with Crippen LogP contribution in [0.2, 0.25) is 0 Å². The second kappa shape index (κ2) is 6.26. The molecule has 90 valence electrons. The molecular formula is C13H21BrN2. The molecule has 0 aliphatic rings. The molecule has 2 nitrogen and oxygen atoms in total. The third-order valence-corrected chi connectivity index (χ3v) is 3.28. The first-order valence-corrected chi connectivity index (χ1v) is 6.68. The van der Waals surface area contributed by atoms with Gasteiger partial charge in [-0.2, -0.15) is 0 Å². The number of anilines is 1. The molecule has 16 heavy (non-hydrogen) atoms. The van der Waals surface area contributed by atoms with E-state index < -0.39 is 0 Å². The van der Waals surface area contributed by atoms with E-state index in [0.717, 1.165) is 18.4 Å². The lowest BCUT2D eigenvalue weighted by Crippen LogP contribution is -2.29. The summed E-state index contributed by atoms with van der Waals surface area (Å²) in [4.78, 5) is 4.52. The van der Waals surface area contributed by atoms with Gasteiger partial charge in [0.2, 0.25) is 0 Å². The first kappa shape index (κ1) is 13.5. The van der Waals surface area contributed by atoms with Gasteiger partial charge < -0.3 is 9.80 Å². The van der Waals surface area contributed by atoms with Crippen molar-refractivity contribution in [1.29, 1.82) is 0 Å². The molecular weight excluding hydrogens is 264 g/mol. The second-order valence-corrected chi connectivity index (χ2v) is 5.05. The zero-order chi connectivity index (χ0) is 12.1. The Morgan fingerprint density at radius 2 is 1.81 bits per heavy atom. The number of hydrogen-bond acceptors (Lipinski definition) is 2. The van der Waals surface area contributed by atoms with Crippen molar-refractivity contribution in [2.24, 2.45) is 0 Å². The van der Waals surface area contributed by atoms with Crippen LogP contribution in [-0.2, 0) is 5.33 Å². The number of rotatable bonds is 5. The first-order chi connectivity index (χ1) is 7.54. The predicted molar refractivity (Wildman–Crippen MR) is 75.6 cm³/mol. The van der Waals surface area contributed by atoms with E-state index in [0.29, 0.717) is 0 Å². The van der Waals surface area contributed by atoms with Crippen molar-refractivity contribution in [3.63, 3.8) is 0 Å². The molecule has 0 spiro atoms. The highest BCUT2D eigenvalue weighted by Crippen LogP contribution is 2.23. The third-order valence-electron chi connectivity index (χ3n) is 2.67. The Balaban J connectivity index is 2.77. The zero-order valence-corrected chi connectivity index (χ0v) is 12.2. The monoisotopic (exact) mass is 284 g/mol. The summed E-state index contributed by atoms with van der Waals surface area (Å²) in [6.45, 7) is 4.26. The number of alkyl halides is 1. The van der Waals surface area contributed by atoms with Crippen LogP contribution in [0, 0.1) is 6.92 Å². The van der Waals surface area contributed by atoms with Crippen LogP contribution in [0.3, 0.4) is 0 Å². The summed E-state index contributed by atoms with van der Waals surface area (Å²) in [6.07, 6.45) is 0. The largest absolute Gasteiger partial charge is 0.373 e. The van der Waals surface area contributed by atoms with Crippen LogP contribution in [0.15, 0.2) is 18.2 Å². The lowest BCUT2D eigenvalue weighted by molar-refractivity contribution is 0.416. The van der Waals surface area contributed by atoms with Crippen LogP contribution in [0.5, 0.6) is 0 Å². The van der Waals surface area contributed by atoms with Gasteiger partial charge in [0.15, 0.2) is 0 Å². The molecule has 1 aromatic rings. The maximum atomic E-state index is 3.55. The number of nitrogens with zero attached hydrogens (tertiary/aromatic N) is 2. The van der Waals surface area contributed by atoms with Crippen molar-refractivity contribution in [2.75, 3.05) is 39.1 Å². The fourth-order valence-electron chi connectivity index (χ4n) is 1.66. The van der Waals surface area contributed by atoms with Crippen LogP contribution in [-0.4, -0.2) is 39.1 Å². The van der Waals surface area contributed by atoms with E-state index in [2.05, 4.69) is 72.0 Å². The lowest BCUT2D eigenvalue weighted by atomic mass is 10.1. The van der Waals surface area contributed by atoms with Crippen LogP contribution in [0.4, 0.5) is 5.69 Å². The summed E-state index contributed by atoms with van der Waals surface area (Å²) >= 11 is 3.55. The third kappa shape index (κ3) is 3.80. The molecule has 0 aliphatic heterocycles. The molecule has 1 aromatic carbocycles. The van der Waals surface area contributed by atoms with Crippen molar-refractivity contribution in [3.05, 3.63) is 29.3 Å². The van der Waals surface area contributed by atoms with Crippen molar-refractivity contribution < 1.29 is 0 Å². The normalized spacial score (nSPS) is 10.9. The van der Waals surface area contributed by atoms with Crippen LogP contribution < -0.4 is 4.90 Å². The molecule has 3 heteroatoms. The van der Waals surface area contributed by atoms with E-state index in [1.54, 1.807) is 0 Å². The number of benzene rings is 1. The molecule has 0 heterocycles. The summed E-state index contributed by atoms with van der Waals surface area (Å²) < 4.78 is 0. The van der Waals surface area contributed by atoms with Gasteiger partial charge >= 0.3 is 0 Å². The molecule has 0 aromatic heterocycles. The summed E-state index contributed by atoms with van der Waals surface area (Å²) in [5, 5.41) is 0.913.